The standard InChI is InChI=1S/C11H16N2O2/c1-7-8(2)11(15)13(10(7)14)6-9-4-3-5-12-9/h9,12H,3-6H2,1-2H3. The van der Waals surface area contributed by atoms with Crippen molar-refractivity contribution in [1.82, 2.24) is 10.2 Å². The highest BCUT2D eigenvalue weighted by Gasteiger charge is 2.34. The summed E-state index contributed by atoms with van der Waals surface area (Å²) in [4.78, 5) is 24.8. The third-order valence-corrected chi connectivity index (χ3v) is 3.26. The van der Waals surface area contributed by atoms with Gasteiger partial charge in [0, 0.05) is 23.7 Å². The molecule has 1 unspecified atom stereocenters. The molecule has 2 aliphatic rings. The average molecular weight is 208 g/mol. The van der Waals surface area contributed by atoms with Gasteiger partial charge in [-0.15, -0.1) is 0 Å². The van der Waals surface area contributed by atoms with Gasteiger partial charge in [-0.2, -0.15) is 0 Å². The highest BCUT2D eigenvalue weighted by molar-refractivity contribution is 6.18. The molecule has 4 nitrogen and oxygen atoms in total. The summed E-state index contributed by atoms with van der Waals surface area (Å²) >= 11 is 0. The monoisotopic (exact) mass is 208 g/mol. The maximum absolute atomic E-state index is 11.7. The third kappa shape index (κ3) is 1.69. The van der Waals surface area contributed by atoms with Crippen molar-refractivity contribution in [3.8, 4) is 0 Å². The van der Waals surface area contributed by atoms with Gasteiger partial charge < -0.3 is 5.32 Å². The van der Waals surface area contributed by atoms with E-state index >= 15 is 0 Å². The lowest BCUT2D eigenvalue weighted by molar-refractivity contribution is -0.137. The molecule has 0 bridgehead atoms. The van der Waals surface area contributed by atoms with Crippen LogP contribution in [0.3, 0.4) is 0 Å². The van der Waals surface area contributed by atoms with E-state index < -0.39 is 0 Å². The van der Waals surface area contributed by atoms with E-state index in [2.05, 4.69) is 5.32 Å². The van der Waals surface area contributed by atoms with Crippen LogP contribution in [0.1, 0.15) is 26.7 Å². The zero-order chi connectivity index (χ0) is 11.0. The molecule has 4 heteroatoms. The molecule has 82 valence electrons. The fourth-order valence-electron chi connectivity index (χ4n) is 2.12. The maximum atomic E-state index is 11.7. The quantitative estimate of drug-likeness (QED) is 0.670. The number of hydrogen-bond acceptors (Lipinski definition) is 3. The Kier molecular flexibility index (Phi) is 2.61. The first-order chi connectivity index (χ1) is 7.11. The Balaban J connectivity index is 2.06. The second kappa shape index (κ2) is 3.77. The van der Waals surface area contributed by atoms with Crippen molar-refractivity contribution in [2.24, 2.45) is 0 Å². The van der Waals surface area contributed by atoms with Crippen LogP contribution in [0.5, 0.6) is 0 Å². The van der Waals surface area contributed by atoms with Gasteiger partial charge in [-0.05, 0) is 33.2 Å². The van der Waals surface area contributed by atoms with Gasteiger partial charge in [-0.3, -0.25) is 14.5 Å². The fraction of sp³-hybridized carbons (Fsp3) is 0.636. The molecule has 1 saturated heterocycles. The van der Waals surface area contributed by atoms with Gasteiger partial charge in [0.05, 0.1) is 0 Å². The number of rotatable bonds is 2. The van der Waals surface area contributed by atoms with E-state index in [0.29, 0.717) is 17.7 Å². The van der Waals surface area contributed by atoms with Gasteiger partial charge in [0.1, 0.15) is 0 Å². The first-order valence-corrected chi connectivity index (χ1v) is 5.38. The van der Waals surface area contributed by atoms with Crippen molar-refractivity contribution in [3.05, 3.63) is 11.1 Å². The van der Waals surface area contributed by atoms with Crippen LogP contribution in [0.2, 0.25) is 0 Å². The number of amides is 2. The molecule has 0 aliphatic carbocycles. The summed E-state index contributed by atoms with van der Waals surface area (Å²) < 4.78 is 0. The second-order valence-electron chi connectivity index (χ2n) is 4.26. The molecule has 2 amide bonds. The Labute approximate surface area is 89.3 Å². The topological polar surface area (TPSA) is 49.4 Å². The van der Waals surface area contributed by atoms with E-state index in [4.69, 9.17) is 0 Å². The van der Waals surface area contributed by atoms with Crippen LogP contribution >= 0.6 is 0 Å². The molecule has 15 heavy (non-hydrogen) atoms. The molecular weight excluding hydrogens is 192 g/mol. The molecule has 0 aromatic rings. The Morgan fingerprint density at radius 3 is 2.33 bits per heavy atom. The van der Waals surface area contributed by atoms with Crippen LogP contribution in [0.4, 0.5) is 0 Å². The van der Waals surface area contributed by atoms with Crippen LogP contribution in [0.25, 0.3) is 0 Å². The van der Waals surface area contributed by atoms with Gasteiger partial charge >= 0.3 is 0 Å². The molecule has 0 spiro atoms. The Morgan fingerprint density at radius 1 is 1.27 bits per heavy atom. The molecule has 1 fully saturated rings. The summed E-state index contributed by atoms with van der Waals surface area (Å²) in [5.74, 6) is -0.239. The summed E-state index contributed by atoms with van der Waals surface area (Å²) in [6.07, 6.45) is 2.18. The first kappa shape index (κ1) is 10.4. The van der Waals surface area contributed by atoms with E-state index in [1.807, 2.05) is 0 Å². The van der Waals surface area contributed by atoms with Crippen molar-refractivity contribution >= 4 is 11.8 Å². The Hall–Kier alpha value is -1.16. The highest BCUT2D eigenvalue weighted by atomic mass is 16.2. The van der Waals surface area contributed by atoms with Crippen molar-refractivity contribution < 1.29 is 9.59 Å². The van der Waals surface area contributed by atoms with Gasteiger partial charge in [-0.1, -0.05) is 0 Å². The minimum atomic E-state index is -0.119. The number of carbonyl (C=O) groups is 2. The third-order valence-electron chi connectivity index (χ3n) is 3.26. The van der Waals surface area contributed by atoms with Crippen LogP contribution < -0.4 is 5.32 Å². The zero-order valence-corrected chi connectivity index (χ0v) is 9.17. The minimum Gasteiger partial charge on any atom is -0.312 e. The fourth-order valence-corrected chi connectivity index (χ4v) is 2.12. The van der Waals surface area contributed by atoms with Crippen LogP contribution in [0, 0.1) is 0 Å². The zero-order valence-electron chi connectivity index (χ0n) is 9.17. The molecule has 0 saturated carbocycles. The Bertz CT molecular complexity index is 316. The van der Waals surface area contributed by atoms with Gasteiger partial charge in [-0.25, -0.2) is 0 Å². The predicted molar refractivity (Wildman–Crippen MR) is 56.1 cm³/mol. The number of nitrogens with one attached hydrogen (secondary N) is 1. The number of nitrogens with zero attached hydrogens (tertiary/aromatic N) is 1. The largest absolute Gasteiger partial charge is 0.312 e. The summed E-state index contributed by atoms with van der Waals surface area (Å²) in [7, 11) is 0. The van der Waals surface area contributed by atoms with Crippen molar-refractivity contribution in [2.45, 2.75) is 32.7 Å². The van der Waals surface area contributed by atoms with Crippen LogP contribution in [0.15, 0.2) is 11.1 Å². The smallest absolute Gasteiger partial charge is 0.256 e. The molecule has 0 aromatic carbocycles. The molecule has 0 aromatic heterocycles. The predicted octanol–water partition coefficient (Wildman–Crippen LogP) is 0.444. The summed E-state index contributed by atoms with van der Waals surface area (Å²) in [5, 5.41) is 3.29. The molecule has 2 rings (SSSR count). The lowest BCUT2D eigenvalue weighted by Crippen LogP contribution is -2.41. The SMILES string of the molecule is CC1=C(C)C(=O)N(CC2CCCN2)C1=O. The van der Waals surface area contributed by atoms with E-state index in [1.165, 1.54) is 4.90 Å². The molecule has 0 radical (unpaired) electrons. The number of imide groups is 1. The second-order valence-corrected chi connectivity index (χ2v) is 4.26. The van der Waals surface area contributed by atoms with E-state index in [1.54, 1.807) is 13.8 Å². The summed E-state index contributed by atoms with van der Waals surface area (Å²) in [5.41, 5.74) is 1.19. The van der Waals surface area contributed by atoms with Crippen molar-refractivity contribution in [2.75, 3.05) is 13.1 Å². The van der Waals surface area contributed by atoms with Crippen molar-refractivity contribution in [1.29, 1.82) is 0 Å². The maximum Gasteiger partial charge on any atom is 0.256 e. The summed E-state index contributed by atoms with van der Waals surface area (Å²) in [6.45, 7) is 4.95. The minimum absolute atomic E-state index is 0.119. The van der Waals surface area contributed by atoms with Gasteiger partial charge in [0.15, 0.2) is 0 Å². The highest BCUT2D eigenvalue weighted by Crippen LogP contribution is 2.21. The van der Waals surface area contributed by atoms with Gasteiger partial charge in [0.2, 0.25) is 0 Å². The van der Waals surface area contributed by atoms with Crippen LogP contribution in [-0.4, -0.2) is 35.8 Å². The number of hydrogen-bond donors (Lipinski definition) is 1. The average Bonchev–Trinajstić information content (AvgIpc) is 2.79. The van der Waals surface area contributed by atoms with Gasteiger partial charge in [0.25, 0.3) is 11.8 Å². The van der Waals surface area contributed by atoms with Crippen molar-refractivity contribution in [3.63, 3.8) is 0 Å². The number of carbonyl (C=O) groups excluding carboxylic acids is 2. The summed E-state index contributed by atoms with van der Waals surface area (Å²) in [6, 6.07) is 0.289. The molecule has 2 aliphatic heterocycles. The first-order valence-electron chi connectivity index (χ1n) is 5.38. The molecule has 2 heterocycles. The molecule has 1 N–H and O–H groups in total. The molecule has 1 atom stereocenters. The molecular formula is C11H16N2O2. The lowest BCUT2D eigenvalue weighted by Gasteiger charge is -2.19. The van der Waals surface area contributed by atoms with Crippen LogP contribution in [-0.2, 0) is 9.59 Å². The Morgan fingerprint density at radius 2 is 1.87 bits per heavy atom. The lowest BCUT2D eigenvalue weighted by atomic mass is 10.2. The van der Waals surface area contributed by atoms with E-state index in [0.717, 1.165) is 19.4 Å². The normalized spacial score (nSPS) is 27.1. The van der Waals surface area contributed by atoms with E-state index in [9.17, 15) is 9.59 Å². The van der Waals surface area contributed by atoms with E-state index in [-0.39, 0.29) is 17.9 Å².